The molecule has 1 saturated heterocycles. The number of aliphatic carboxylic acids is 1. The minimum atomic E-state index is -0.928. The molecule has 0 radical (unpaired) electrons. The predicted molar refractivity (Wildman–Crippen MR) is 49.1 cm³/mol. The first-order valence-corrected chi connectivity index (χ1v) is 4.53. The van der Waals surface area contributed by atoms with E-state index in [1.807, 2.05) is 0 Å². The van der Waals surface area contributed by atoms with Gasteiger partial charge in [0.1, 0.15) is 11.8 Å². The largest absolute Gasteiger partial charge is 0.480 e. The first kappa shape index (κ1) is 9.91. The fourth-order valence-corrected chi connectivity index (χ4v) is 1.86. The zero-order chi connectivity index (χ0) is 11.1. The molecule has 0 bridgehead atoms. The Bertz CT molecular complexity index is 354. The predicted octanol–water partition coefficient (Wildman–Crippen LogP) is -1.57. The van der Waals surface area contributed by atoms with Gasteiger partial charge >= 0.3 is 5.97 Å². The van der Waals surface area contributed by atoms with Crippen molar-refractivity contribution < 1.29 is 19.5 Å². The van der Waals surface area contributed by atoms with Crippen molar-refractivity contribution in [2.45, 2.75) is 24.5 Å². The lowest BCUT2D eigenvalue weighted by Crippen LogP contribution is -2.34. The molecule has 0 aromatic heterocycles. The Balaban J connectivity index is 2.03. The normalized spacial score (nSPS) is 33.9. The van der Waals surface area contributed by atoms with E-state index in [0.29, 0.717) is 13.0 Å². The second-order valence-electron chi connectivity index (χ2n) is 3.83. The van der Waals surface area contributed by atoms with Crippen molar-refractivity contribution in [2.24, 2.45) is 10.9 Å². The molecule has 4 N–H and O–H groups in total. The average molecular weight is 213 g/mol. The highest BCUT2D eigenvalue weighted by atomic mass is 16.7. The van der Waals surface area contributed by atoms with Gasteiger partial charge in [0.25, 0.3) is 5.91 Å². The van der Waals surface area contributed by atoms with Gasteiger partial charge in [0.2, 0.25) is 0 Å². The smallest absolute Gasteiger partial charge is 0.320 e. The Morgan fingerprint density at radius 3 is 2.87 bits per heavy atom. The summed E-state index contributed by atoms with van der Waals surface area (Å²) in [6, 6.07) is -0.646. The van der Waals surface area contributed by atoms with Gasteiger partial charge in [0, 0.05) is 19.4 Å². The highest BCUT2D eigenvalue weighted by molar-refractivity contribution is 6.38. The fourth-order valence-electron chi connectivity index (χ4n) is 1.86. The molecule has 7 heteroatoms. The highest BCUT2D eigenvalue weighted by Gasteiger charge is 2.48. The third-order valence-corrected chi connectivity index (χ3v) is 2.67. The number of nitrogens with one attached hydrogen (secondary N) is 1. The van der Waals surface area contributed by atoms with E-state index >= 15 is 0 Å². The van der Waals surface area contributed by atoms with Crippen LogP contribution in [0.2, 0.25) is 0 Å². The molecule has 0 aromatic carbocycles. The summed E-state index contributed by atoms with van der Waals surface area (Å²) in [6.07, 6.45) is 0.571. The standard InChI is InChI=1S/C8H11N3O4/c9-6(12)4-1-8(15-11-4)2-5(7(13)14)10-3-8/h5,10H,1-3H2,(H2,9,12)(H,13,14). The van der Waals surface area contributed by atoms with Gasteiger partial charge in [0.05, 0.1) is 0 Å². The van der Waals surface area contributed by atoms with Crippen molar-refractivity contribution in [1.82, 2.24) is 5.32 Å². The van der Waals surface area contributed by atoms with Crippen LogP contribution in [0, 0.1) is 0 Å². The molecular formula is C8H11N3O4. The molecule has 0 saturated carbocycles. The molecule has 2 heterocycles. The third-order valence-electron chi connectivity index (χ3n) is 2.67. The van der Waals surface area contributed by atoms with Crippen molar-refractivity contribution in [3.8, 4) is 0 Å². The number of rotatable bonds is 2. The topological polar surface area (TPSA) is 114 Å². The number of hydrogen-bond donors (Lipinski definition) is 3. The summed E-state index contributed by atoms with van der Waals surface area (Å²) in [4.78, 5) is 26.7. The van der Waals surface area contributed by atoms with Crippen molar-refractivity contribution in [3.05, 3.63) is 0 Å². The lowest BCUT2D eigenvalue weighted by Gasteiger charge is -2.18. The summed E-state index contributed by atoms with van der Waals surface area (Å²) in [5.41, 5.74) is 4.52. The number of amides is 1. The number of oxime groups is 1. The zero-order valence-corrected chi connectivity index (χ0v) is 7.90. The Hall–Kier alpha value is -1.63. The van der Waals surface area contributed by atoms with Crippen molar-refractivity contribution in [1.29, 1.82) is 0 Å². The molecule has 0 aliphatic carbocycles. The van der Waals surface area contributed by atoms with Crippen LogP contribution in [0.4, 0.5) is 0 Å². The van der Waals surface area contributed by atoms with Gasteiger partial charge in [-0.1, -0.05) is 5.16 Å². The molecular weight excluding hydrogens is 202 g/mol. The Labute approximate surface area is 85.3 Å². The number of carboxylic acids is 1. The quantitative estimate of drug-likeness (QED) is 0.513. The van der Waals surface area contributed by atoms with Gasteiger partial charge in [-0.3, -0.25) is 9.59 Å². The fraction of sp³-hybridized carbons (Fsp3) is 0.625. The summed E-state index contributed by atoms with van der Waals surface area (Å²) < 4.78 is 0. The number of nitrogens with zero attached hydrogens (tertiary/aromatic N) is 1. The molecule has 7 nitrogen and oxygen atoms in total. The van der Waals surface area contributed by atoms with Crippen LogP contribution >= 0.6 is 0 Å². The van der Waals surface area contributed by atoms with Gasteiger partial charge in [-0.15, -0.1) is 0 Å². The molecule has 82 valence electrons. The third kappa shape index (κ3) is 1.65. The zero-order valence-electron chi connectivity index (χ0n) is 7.90. The molecule has 2 aliphatic rings. The van der Waals surface area contributed by atoms with Crippen LogP contribution in [-0.4, -0.2) is 40.9 Å². The van der Waals surface area contributed by atoms with Crippen LogP contribution in [0.1, 0.15) is 12.8 Å². The maximum absolute atomic E-state index is 10.8. The van der Waals surface area contributed by atoms with Gasteiger partial charge in [0.15, 0.2) is 5.60 Å². The second-order valence-corrected chi connectivity index (χ2v) is 3.83. The molecule has 0 aromatic rings. The van der Waals surface area contributed by atoms with Crippen LogP contribution in [0.25, 0.3) is 0 Å². The van der Waals surface area contributed by atoms with E-state index in [4.69, 9.17) is 15.7 Å². The van der Waals surface area contributed by atoms with Crippen LogP contribution in [-0.2, 0) is 14.4 Å². The van der Waals surface area contributed by atoms with E-state index in [1.54, 1.807) is 0 Å². The average Bonchev–Trinajstić information content (AvgIpc) is 2.74. The van der Waals surface area contributed by atoms with Gasteiger partial charge in [-0.2, -0.15) is 0 Å². The first-order valence-electron chi connectivity index (χ1n) is 4.53. The number of hydrogen-bond acceptors (Lipinski definition) is 5. The van der Waals surface area contributed by atoms with Crippen LogP contribution < -0.4 is 11.1 Å². The first-order chi connectivity index (χ1) is 7.02. The van der Waals surface area contributed by atoms with Gasteiger partial charge < -0.3 is 21.0 Å². The Morgan fingerprint density at radius 1 is 1.67 bits per heavy atom. The van der Waals surface area contributed by atoms with Gasteiger partial charge in [-0.05, 0) is 0 Å². The van der Waals surface area contributed by atoms with Crippen LogP contribution in [0.15, 0.2) is 5.16 Å². The second kappa shape index (κ2) is 3.20. The molecule has 1 amide bonds. The summed E-state index contributed by atoms with van der Waals surface area (Å²) in [6.45, 7) is 0.365. The SMILES string of the molecule is NC(=O)C1=NOC2(CNC(C(=O)O)C2)C1. The summed E-state index contributed by atoms with van der Waals surface area (Å²) in [5.74, 6) is -1.55. The Kier molecular flexibility index (Phi) is 2.11. The van der Waals surface area contributed by atoms with E-state index in [1.165, 1.54) is 0 Å². The lowest BCUT2D eigenvalue weighted by molar-refractivity contribution is -0.139. The molecule has 2 aliphatic heterocycles. The molecule has 2 rings (SSSR count). The number of carbonyl (C=O) groups is 2. The van der Waals surface area contributed by atoms with Crippen molar-refractivity contribution >= 4 is 17.6 Å². The van der Waals surface area contributed by atoms with Crippen molar-refractivity contribution in [3.63, 3.8) is 0 Å². The minimum absolute atomic E-state index is 0.169. The number of nitrogens with two attached hydrogens (primary N) is 1. The maximum Gasteiger partial charge on any atom is 0.320 e. The van der Waals surface area contributed by atoms with E-state index in [-0.39, 0.29) is 12.1 Å². The number of carbonyl (C=O) groups excluding carboxylic acids is 1. The minimum Gasteiger partial charge on any atom is -0.480 e. The molecule has 1 fully saturated rings. The van der Waals surface area contributed by atoms with Crippen LogP contribution in [0.3, 0.4) is 0 Å². The molecule has 15 heavy (non-hydrogen) atoms. The monoisotopic (exact) mass is 213 g/mol. The molecule has 1 spiro atoms. The van der Waals surface area contributed by atoms with E-state index < -0.39 is 23.5 Å². The van der Waals surface area contributed by atoms with E-state index in [0.717, 1.165) is 0 Å². The van der Waals surface area contributed by atoms with E-state index in [9.17, 15) is 9.59 Å². The molecule has 2 unspecified atom stereocenters. The van der Waals surface area contributed by atoms with Crippen LogP contribution in [0.5, 0.6) is 0 Å². The number of primary amides is 1. The van der Waals surface area contributed by atoms with Gasteiger partial charge in [-0.25, -0.2) is 0 Å². The van der Waals surface area contributed by atoms with E-state index in [2.05, 4.69) is 10.5 Å². The summed E-state index contributed by atoms with van der Waals surface area (Å²) in [5, 5.41) is 15.2. The lowest BCUT2D eigenvalue weighted by atomic mass is 9.94. The summed E-state index contributed by atoms with van der Waals surface area (Å²) >= 11 is 0. The Morgan fingerprint density at radius 2 is 2.40 bits per heavy atom. The maximum atomic E-state index is 10.8. The summed E-state index contributed by atoms with van der Waals surface area (Å²) in [7, 11) is 0. The highest BCUT2D eigenvalue weighted by Crippen LogP contribution is 2.32. The molecule has 2 atom stereocenters. The van der Waals surface area contributed by atoms with Crippen molar-refractivity contribution in [2.75, 3.05) is 6.54 Å². The number of carboxylic acid groups (broad SMARTS) is 1.